The van der Waals surface area contributed by atoms with Crippen LogP contribution in [0.2, 0.25) is 0 Å². The van der Waals surface area contributed by atoms with E-state index < -0.39 is 64.6 Å². The zero-order chi connectivity index (χ0) is 20.7. The molecule has 1 aliphatic rings. The third-order valence-corrected chi connectivity index (χ3v) is 3.74. The van der Waals surface area contributed by atoms with Gasteiger partial charge in [-0.2, -0.15) is 0 Å². The summed E-state index contributed by atoms with van der Waals surface area (Å²) in [6.45, 7) is 5.84. The first-order valence-corrected chi connectivity index (χ1v) is 7.98. The van der Waals surface area contributed by atoms with Crippen molar-refractivity contribution in [2.75, 3.05) is 0 Å². The molecule has 2 atom stereocenters. The lowest BCUT2D eigenvalue weighted by Crippen LogP contribution is -2.30. The number of ether oxygens (including phenoxy) is 3. The SMILES string of the molecule is CC(C)C[C@@H](C(=O)O[C@@H]1OC(C)(C)OC1=O)c1c(F)c(F)c(F)c(F)c1F. The number of esters is 2. The first-order chi connectivity index (χ1) is 12.4. The second-order valence-corrected chi connectivity index (χ2v) is 6.87. The molecule has 0 amide bonds. The van der Waals surface area contributed by atoms with E-state index in [9.17, 15) is 31.5 Å². The van der Waals surface area contributed by atoms with E-state index in [1.165, 1.54) is 13.8 Å². The van der Waals surface area contributed by atoms with Gasteiger partial charge in [-0.3, -0.25) is 9.53 Å². The highest BCUT2D eigenvalue weighted by Gasteiger charge is 2.45. The molecule has 1 heterocycles. The van der Waals surface area contributed by atoms with Gasteiger partial charge in [-0.25, -0.2) is 26.7 Å². The number of carbonyl (C=O) groups excluding carboxylic acids is 2. The Hall–Kier alpha value is -2.23. The fourth-order valence-electron chi connectivity index (χ4n) is 2.61. The van der Waals surface area contributed by atoms with Gasteiger partial charge in [0.05, 0.1) is 5.92 Å². The number of rotatable bonds is 5. The minimum Gasteiger partial charge on any atom is -0.429 e. The van der Waals surface area contributed by atoms with Crippen LogP contribution in [-0.2, 0) is 23.8 Å². The van der Waals surface area contributed by atoms with Crippen LogP contribution in [0.15, 0.2) is 0 Å². The highest BCUT2D eigenvalue weighted by molar-refractivity contribution is 5.83. The Kier molecular flexibility index (Phi) is 5.79. The van der Waals surface area contributed by atoms with E-state index in [2.05, 4.69) is 0 Å². The Morgan fingerprint density at radius 3 is 1.93 bits per heavy atom. The monoisotopic (exact) mass is 396 g/mol. The summed E-state index contributed by atoms with van der Waals surface area (Å²) in [6.07, 6.45) is -2.12. The normalized spacial score (nSPS) is 19.9. The maximum Gasteiger partial charge on any atom is 0.379 e. The van der Waals surface area contributed by atoms with Crippen LogP contribution in [0, 0.1) is 35.0 Å². The first-order valence-electron chi connectivity index (χ1n) is 7.98. The van der Waals surface area contributed by atoms with Crippen molar-refractivity contribution in [3.63, 3.8) is 0 Å². The minimum atomic E-state index is -2.34. The number of halogens is 5. The molecule has 0 N–H and O–H groups in total. The van der Waals surface area contributed by atoms with E-state index in [4.69, 9.17) is 14.2 Å². The van der Waals surface area contributed by atoms with Crippen LogP contribution in [0.5, 0.6) is 0 Å². The fraction of sp³-hybridized carbons (Fsp3) is 0.529. The molecule has 1 aromatic carbocycles. The molecule has 1 fully saturated rings. The second-order valence-electron chi connectivity index (χ2n) is 6.87. The molecule has 0 unspecified atom stereocenters. The van der Waals surface area contributed by atoms with Crippen LogP contribution in [0.3, 0.4) is 0 Å². The number of hydrogen-bond donors (Lipinski definition) is 0. The van der Waals surface area contributed by atoms with Crippen LogP contribution < -0.4 is 0 Å². The van der Waals surface area contributed by atoms with Crippen LogP contribution in [0.25, 0.3) is 0 Å². The van der Waals surface area contributed by atoms with Gasteiger partial charge in [0, 0.05) is 19.4 Å². The van der Waals surface area contributed by atoms with Crippen molar-refractivity contribution in [2.24, 2.45) is 5.92 Å². The van der Waals surface area contributed by atoms with Crippen LogP contribution in [0.1, 0.15) is 45.6 Å². The highest BCUT2D eigenvalue weighted by atomic mass is 19.2. The van der Waals surface area contributed by atoms with E-state index in [-0.39, 0.29) is 12.3 Å². The summed E-state index contributed by atoms with van der Waals surface area (Å²) in [5, 5.41) is 0. The molecular formula is C17H17F5O5. The van der Waals surface area contributed by atoms with Crippen molar-refractivity contribution < 1.29 is 45.8 Å². The zero-order valence-electron chi connectivity index (χ0n) is 14.9. The second kappa shape index (κ2) is 7.41. The van der Waals surface area contributed by atoms with E-state index in [1.54, 1.807) is 13.8 Å². The van der Waals surface area contributed by atoms with E-state index in [0.29, 0.717) is 0 Å². The average molecular weight is 396 g/mol. The Labute approximate surface area is 151 Å². The van der Waals surface area contributed by atoms with Gasteiger partial charge in [-0.1, -0.05) is 13.8 Å². The zero-order valence-corrected chi connectivity index (χ0v) is 14.9. The molecule has 0 radical (unpaired) electrons. The van der Waals surface area contributed by atoms with Gasteiger partial charge in [0.25, 0.3) is 0 Å². The largest absolute Gasteiger partial charge is 0.429 e. The van der Waals surface area contributed by atoms with Gasteiger partial charge >= 0.3 is 18.2 Å². The summed E-state index contributed by atoms with van der Waals surface area (Å²) in [4.78, 5) is 24.1. The van der Waals surface area contributed by atoms with Gasteiger partial charge in [-0.05, 0) is 12.3 Å². The van der Waals surface area contributed by atoms with Gasteiger partial charge in [0.1, 0.15) is 0 Å². The quantitative estimate of drug-likeness (QED) is 0.329. The number of carbonyl (C=O) groups is 2. The molecule has 0 aromatic heterocycles. The van der Waals surface area contributed by atoms with Gasteiger partial charge in [0.2, 0.25) is 11.6 Å². The van der Waals surface area contributed by atoms with Crippen molar-refractivity contribution in [1.82, 2.24) is 0 Å². The first kappa shape index (κ1) is 21.1. The van der Waals surface area contributed by atoms with Crippen molar-refractivity contribution in [3.05, 3.63) is 34.6 Å². The lowest BCUT2D eigenvalue weighted by molar-refractivity contribution is -0.199. The number of cyclic esters (lactones) is 1. The Morgan fingerprint density at radius 1 is 1.04 bits per heavy atom. The van der Waals surface area contributed by atoms with Crippen molar-refractivity contribution in [2.45, 2.75) is 52.1 Å². The molecule has 10 heteroatoms. The van der Waals surface area contributed by atoms with Crippen LogP contribution >= 0.6 is 0 Å². The van der Waals surface area contributed by atoms with Gasteiger partial charge in [0.15, 0.2) is 23.3 Å². The summed E-state index contributed by atoms with van der Waals surface area (Å²) >= 11 is 0. The van der Waals surface area contributed by atoms with Crippen molar-refractivity contribution >= 4 is 11.9 Å². The number of benzene rings is 1. The molecule has 0 bridgehead atoms. The van der Waals surface area contributed by atoms with Gasteiger partial charge in [-0.15, -0.1) is 0 Å². The van der Waals surface area contributed by atoms with Crippen molar-refractivity contribution in [1.29, 1.82) is 0 Å². The smallest absolute Gasteiger partial charge is 0.379 e. The lowest BCUT2D eigenvalue weighted by Gasteiger charge is -2.21. The molecule has 0 aliphatic carbocycles. The molecule has 27 heavy (non-hydrogen) atoms. The Bertz CT molecular complexity index is 748. The maximum absolute atomic E-state index is 14.1. The summed E-state index contributed by atoms with van der Waals surface area (Å²) in [5.74, 6) is -17.0. The van der Waals surface area contributed by atoms with Crippen LogP contribution in [-0.4, -0.2) is 24.0 Å². The molecular weight excluding hydrogens is 379 g/mol. The predicted octanol–water partition coefficient (Wildman–Crippen LogP) is 3.69. The fourth-order valence-corrected chi connectivity index (χ4v) is 2.61. The molecule has 1 saturated heterocycles. The lowest BCUT2D eigenvalue weighted by atomic mass is 9.89. The van der Waals surface area contributed by atoms with Gasteiger partial charge < -0.3 is 9.47 Å². The molecule has 2 rings (SSSR count). The van der Waals surface area contributed by atoms with Crippen LogP contribution in [0.4, 0.5) is 22.0 Å². The molecule has 0 saturated carbocycles. The number of hydrogen-bond acceptors (Lipinski definition) is 5. The summed E-state index contributed by atoms with van der Waals surface area (Å²) in [6, 6.07) is 0. The molecule has 1 aliphatic heterocycles. The summed E-state index contributed by atoms with van der Waals surface area (Å²) < 4.78 is 83.2. The molecule has 150 valence electrons. The Morgan fingerprint density at radius 2 is 1.52 bits per heavy atom. The topological polar surface area (TPSA) is 61.8 Å². The van der Waals surface area contributed by atoms with Crippen molar-refractivity contribution in [3.8, 4) is 0 Å². The average Bonchev–Trinajstić information content (AvgIpc) is 2.81. The Balaban J connectivity index is 2.42. The molecule has 5 nitrogen and oxygen atoms in total. The maximum atomic E-state index is 14.1. The minimum absolute atomic E-state index is 0.303. The van der Waals surface area contributed by atoms with E-state index in [1.807, 2.05) is 0 Å². The molecule has 1 aromatic rings. The standard InChI is InChI=1S/C17H17F5O5/c1-6(2)5-7(8-9(18)11(20)13(22)12(21)10(8)19)14(23)25-16-15(24)26-17(3,4)27-16/h6-7,16H,5H2,1-4H3/t7-,16-/m1/s1. The summed E-state index contributed by atoms with van der Waals surface area (Å²) in [5.41, 5.74) is -1.32. The predicted molar refractivity (Wildman–Crippen MR) is 79.6 cm³/mol. The molecule has 0 spiro atoms. The third kappa shape index (κ3) is 4.20. The third-order valence-electron chi connectivity index (χ3n) is 3.74. The van der Waals surface area contributed by atoms with E-state index in [0.717, 1.165) is 0 Å². The van der Waals surface area contributed by atoms with E-state index >= 15 is 0 Å². The highest BCUT2D eigenvalue weighted by Crippen LogP contribution is 2.34. The summed E-state index contributed by atoms with van der Waals surface area (Å²) in [7, 11) is 0.